The predicted octanol–water partition coefficient (Wildman–Crippen LogP) is 2.97. The molecule has 0 saturated heterocycles. The topological polar surface area (TPSA) is 24.5 Å². The molecule has 1 aromatic rings. The van der Waals surface area contributed by atoms with E-state index < -0.39 is 0 Å². The van der Waals surface area contributed by atoms with Crippen molar-refractivity contribution in [2.24, 2.45) is 0 Å². The summed E-state index contributed by atoms with van der Waals surface area (Å²) in [5.74, 6) is 0. The molecular weight excluding hydrogens is 236 g/mol. The molecule has 0 unspecified atom stereocenters. The first-order chi connectivity index (χ1) is 9.19. The van der Waals surface area contributed by atoms with E-state index in [1.54, 1.807) is 0 Å². The van der Waals surface area contributed by atoms with Gasteiger partial charge in [0.25, 0.3) is 0 Å². The Bertz CT molecular complexity index is 366. The second kappa shape index (κ2) is 8.94. The molecule has 1 aromatic carbocycles. The Kier molecular flexibility index (Phi) is 7.53. The smallest absolute Gasteiger partial charge is 0.0641 e. The summed E-state index contributed by atoms with van der Waals surface area (Å²) < 4.78 is 5.39. The quantitative estimate of drug-likeness (QED) is 0.694. The molecule has 0 saturated carbocycles. The van der Waals surface area contributed by atoms with Crippen LogP contribution in [0.1, 0.15) is 31.4 Å². The summed E-state index contributed by atoms with van der Waals surface area (Å²) in [5, 5.41) is 3.45. The van der Waals surface area contributed by atoms with Crippen LogP contribution in [0.15, 0.2) is 18.2 Å². The Morgan fingerprint density at radius 3 is 2.68 bits per heavy atom. The van der Waals surface area contributed by atoms with Gasteiger partial charge in [0.15, 0.2) is 0 Å². The molecule has 0 aliphatic carbocycles. The van der Waals surface area contributed by atoms with Gasteiger partial charge < -0.3 is 15.0 Å². The van der Waals surface area contributed by atoms with Gasteiger partial charge in [-0.2, -0.15) is 0 Å². The predicted molar refractivity (Wildman–Crippen MR) is 82.9 cm³/mol. The van der Waals surface area contributed by atoms with Gasteiger partial charge in [-0.15, -0.1) is 0 Å². The molecule has 108 valence electrons. The maximum atomic E-state index is 5.39. The van der Waals surface area contributed by atoms with Crippen molar-refractivity contribution in [2.75, 3.05) is 38.3 Å². The number of anilines is 1. The van der Waals surface area contributed by atoms with Crippen LogP contribution < -0.4 is 10.2 Å². The average molecular weight is 264 g/mol. The lowest BCUT2D eigenvalue weighted by molar-refractivity contribution is 0.154. The first-order valence-electron chi connectivity index (χ1n) is 7.28. The van der Waals surface area contributed by atoms with Crippen molar-refractivity contribution in [1.82, 2.24) is 5.32 Å². The molecule has 0 spiro atoms. The second-order valence-electron chi connectivity index (χ2n) is 4.91. The fraction of sp³-hybridized carbons (Fsp3) is 0.625. The third kappa shape index (κ3) is 5.62. The molecule has 0 aliphatic rings. The highest BCUT2D eigenvalue weighted by atomic mass is 16.5. The summed E-state index contributed by atoms with van der Waals surface area (Å²) in [7, 11) is 2.11. The lowest BCUT2D eigenvalue weighted by Crippen LogP contribution is -2.23. The van der Waals surface area contributed by atoms with Gasteiger partial charge in [0.2, 0.25) is 0 Å². The zero-order valence-corrected chi connectivity index (χ0v) is 12.8. The number of benzene rings is 1. The normalized spacial score (nSPS) is 10.7. The van der Waals surface area contributed by atoms with E-state index in [-0.39, 0.29) is 0 Å². The summed E-state index contributed by atoms with van der Waals surface area (Å²) >= 11 is 0. The number of likely N-dealkylation sites (N-methyl/N-ethyl adjacent to an activating group) is 1. The molecule has 3 heteroatoms. The summed E-state index contributed by atoms with van der Waals surface area (Å²) in [6.45, 7) is 10.9. The van der Waals surface area contributed by atoms with E-state index in [0.29, 0.717) is 0 Å². The van der Waals surface area contributed by atoms with Crippen molar-refractivity contribution in [2.45, 2.75) is 33.7 Å². The summed E-state index contributed by atoms with van der Waals surface area (Å²) in [5.41, 5.74) is 4.00. The number of rotatable bonds is 9. The van der Waals surface area contributed by atoms with Crippen LogP contribution in [-0.4, -0.2) is 33.4 Å². The zero-order valence-electron chi connectivity index (χ0n) is 12.8. The fourth-order valence-corrected chi connectivity index (χ4v) is 1.99. The lowest BCUT2D eigenvalue weighted by atomic mass is 10.1. The number of ether oxygens (including phenoxy) is 1. The van der Waals surface area contributed by atoms with Gasteiger partial charge in [-0.1, -0.05) is 13.0 Å². The van der Waals surface area contributed by atoms with Gasteiger partial charge >= 0.3 is 0 Å². The molecule has 1 N–H and O–H groups in total. The van der Waals surface area contributed by atoms with E-state index in [4.69, 9.17) is 4.74 Å². The van der Waals surface area contributed by atoms with Crippen LogP contribution in [0.4, 0.5) is 5.69 Å². The van der Waals surface area contributed by atoms with Crippen molar-refractivity contribution in [3.05, 3.63) is 29.3 Å². The van der Waals surface area contributed by atoms with Crippen molar-refractivity contribution < 1.29 is 4.74 Å². The minimum absolute atomic E-state index is 0.784. The van der Waals surface area contributed by atoms with E-state index in [1.165, 1.54) is 23.2 Å². The number of hydrogen-bond donors (Lipinski definition) is 1. The molecule has 0 bridgehead atoms. The molecule has 0 aromatic heterocycles. The zero-order chi connectivity index (χ0) is 14.1. The molecule has 0 atom stereocenters. The SMILES string of the molecule is CCCNCc1ccc(N(C)CCOCC)cc1C. The first-order valence-corrected chi connectivity index (χ1v) is 7.28. The van der Waals surface area contributed by atoms with Crippen LogP contribution in [0, 0.1) is 6.92 Å². The van der Waals surface area contributed by atoms with E-state index in [1.807, 2.05) is 6.92 Å². The third-order valence-corrected chi connectivity index (χ3v) is 3.28. The Morgan fingerprint density at radius 1 is 1.26 bits per heavy atom. The summed E-state index contributed by atoms with van der Waals surface area (Å²) in [4.78, 5) is 2.24. The van der Waals surface area contributed by atoms with Gasteiger partial charge in [0, 0.05) is 32.4 Å². The van der Waals surface area contributed by atoms with Crippen LogP contribution in [0.25, 0.3) is 0 Å². The number of nitrogens with zero attached hydrogens (tertiary/aromatic N) is 1. The fourth-order valence-electron chi connectivity index (χ4n) is 1.99. The van der Waals surface area contributed by atoms with Crippen LogP contribution in [0.3, 0.4) is 0 Å². The van der Waals surface area contributed by atoms with Crippen LogP contribution in [0.2, 0.25) is 0 Å². The average Bonchev–Trinajstić information content (AvgIpc) is 2.41. The van der Waals surface area contributed by atoms with Gasteiger partial charge in [-0.25, -0.2) is 0 Å². The molecule has 0 fully saturated rings. The Balaban J connectivity index is 2.54. The minimum atomic E-state index is 0.784. The van der Waals surface area contributed by atoms with Gasteiger partial charge in [0.1, 0.15) is 0 Å². The van der Waals surface area contributed by atoms with E-state index in [2.05, 4.69) is 49.3 Å². The van der Waals surface area contributed by atoms with Crippen molar-refractivity contribution >= 4 is 5.69 Å². The van der Waals surface area contributed by atoms with Crippen LogP contribution in [-0.2, 0) is 11.3 Å². The monoisotopic (exact) mass is 264 g/mol. The van der Waals surface area contributed by atoms with E-state index in [0.717, 1.165) is 32.8 Å². The van der Waals surface area contributed by atoms with Crippen LogP contribution >= 0.6 is 0 Å². The number of hydrogen-bond acceptors (Lipinski definition) is 3. The van der Waals surface area contributed by atoms with Gasteiger partial charge in [0.05, 0.1) is 6.61 Å². The Hall–Kier alpha value is -1.06. The lowest BCUT2D eigenvalue weighted by Gasteiger charge is -2.20. The van der Waals surface area contributed by atoms with Crippen molar-refractivity contribution in [3.63, 3.8) is 0 Å². The highest BCUT2D eigenvalue weighted by Gasteiger charge is 2.04. The second-order valence-corrected chi connectivity index (χ2v) is 4.91. The standard InChI is InChI=1S/C16H28N2O/c1-5-9-17-13-15-7-8-16(12-14(15)3)18(4)10-11-19-6-2/h7-8,12,17H,5-6,9-11,13H2,1-4H3. The highest BCUT2D eigenvalue weighted by Crippen LogP contribution is 2.18. The molecule has 0 heterocycles. The molecule has 1 rings (SSSR count). The Morgan fingerprint density at radius 2 is 2.05 bits per heavy atom. The largest absolute Gasteiger partial charge is 0.380 e. The number of nitrogens with one attached hydrogen (secondary N) is 1. The Labute approximate surface area is 118 Å². The molecule has 19 heavy (non-hydrogen) atoms. The van der Waals surface area contributed by atoms with Crippen molar-refractivity contribution in [1.29, 1.82) is 0 Å². The maximum absolute atomic E-state index is 5.39. The number of aryl methyl sites for hydroxylation is 1. The summed E-state index contributed by atoms with van der Waals surface area (Å²) in [6, 6.07) is 6.68. The molecule has 0 radical (unpaired) electrons. The molecular formula is C16H28N2O. The first kappa shape index (κ1) is 16.0. The highest BCUT2D eigenvalue weighted by molar-refractivity contribution is 5.50. The van der Waals surface area contributed by atoms with E-state index in [9.17, 15) is 0 Å². The van der Waals surface area contributed by atoms with Gasteiger partial charge in [-0.05, 0) is 50.1 Å². The molecule has 0 amide bonds. The van der Waals surface area contributed by atoms with E-state index >= 15 is 0 Å². The molecule has 0 aliphatic heterocycles. The third-order valence-electron chi connectivity index (χ3n) is 3.28. The minimum Gasteiger partial charge on any atom is -0.380 e. The summed E-state index contributed by atoms with van der Waals surface area (Å²) in [6.07, 6.45) is 1.18. The van der Waals surface area contributed by atoms with Gasteiger partial charge in [-0.3, -0.25) is 0 Å². The molecule has 3 nitrogen and oxygen atoms in total. The van der Waals surface area contributed by atoms with Crippen molar-refractivity contribution in [3.8, 4) is 0 Å². The maximum Gasteiger partial charge on any atom is 0.0641 e. The van der Waals surface area contributed by atoms with Crippen LogP contribution in [0.5, 0.6) is 0 Å².